The SMILES string of the molecule is N#CC12C=CC(=N1)C=C1C=CC(=N1)C=c1ccc([nH]1)=Cc1ccc([nH]1)C2. The second kappa shape index (κ2) is 5.43. The zero-order valence-corrected chi connectivity index (χ0v) is 13.9. The van der Waals surface area contributed by atoms with Crippen molar-refractivity contribution in [3.8, 4) is 6.07 Å². The van der Waals surface area contributed by atoms with Crippen LogP contribution in [-0.4, -0.2) is 26.9 Å². The molecule has 2 aromatic rings. The maximum atomic E-state index is 9.72. The second-order valence-electron chi connectivity index (χ2n) is 6.62. The number of nitrogens with zero attached hydrogens (tertiary/aromatic N) is 3. The van der Waals surface area contributed by atoms with Gasteiger partial charge in [0, 0.05) is 28.5 Å². The Bertz CT molecular complexity index is 1220. The van der Waals surface area contributed by atoms with Gasteiger partial charge in [0.1, 0.15) is 0 Å². The molecular weight excluding hydrogens is 322 g/mol. The number of allylic oxidation sites excluding steroid dienone is 4. The molecule has 0 spiro atoms. The van der Waals surface area contributed by atoms with E-state index >= 15 is 0 Å². The molecule has 2 N–H and O–H groups in total. The first-order chi connectivity index (χ1) is 12.7. The van der Waals surface area contributed by atoms with E-state index in [1.165, 1.54) is 0 Å². The van der Waals surface area contributed by atoms with Crippen molar-refractivity contribution in [2.24, 2.45) is 9.98 Å². The normalized spacial score (nSPS) is 22.8. The van der Waals surface area contributed by atoms with E-state index in [1.54, 1.807) is 0 Å². The molecule has 5 nitrogen and oxygen atoms in total. The highest BCUT2D eigenvalue weighted by Gasteiger charge is 2.31. The van der Waals surface area contributed by atoms with Crippen LogP contribution in [0.1, 0.15) is 11.4 Å². The molecule has 3 aliphatic rings. The standard InChI is InChI=1S/C21H15N5/c22-13-21-8-7-19(26-21)11-18-4-3-15(24-18)9-14-1-2-16(23-14)10-17-5-6-20(12-21)25-17/h1-11,23,25H,12H2. The fraction of sp³-hybridized carbons (Fsp3) is 0.0952. The van der Waals surface area contributed by atoms with E-state index in [0.717, 1.165) is 39.2 Å². The number of H-pyrrole nitrogens is 2. The van der Waals surface area contributed by atoms with Gasteiger partial charge in [0.2, 0.25) is 0 Å². The molecule has 5 heterocycles. The van der Waals surface area contributed by atoms with E-state index in [1.807, 2.05) is 66.8 Å². The molecule has 1 atom stereocenters. The van der Waals surface area contributed by atoms with Crippen LogP contribution in [0.4, 0.5) is 0 Å². The largest absolute Gasteiger partial charge is 0.359 e. The molecule has 124 valence electrons. The van der Waals surface area contributed by atoms with Crippen LogP contribution in [0, 0.1) is 11.3 Å². The Labute approximate surface area is 149 Å². The third-order valence-electron chi connectivity index (χ3n) is 4.61. The predicted molar refractivity (Wildman–Crippen MR) is 102 cm³/mol. The van der Waals surface area contributed by atoms with Crippen molar-refractivity contribution in [1.82, 2.24) is 9.97 Å². The number of aliphatic imine (C=N–C) groups is 2. The summed E-state index contributed by atoms with van der Waals surface area (Å²) in [7, 11) is 0. The molecule has 0 fully saturated rings. The van der Waals surface area contributed by atoms with Gasteiger partial charge in [-0.05, 0) is 66.8 Å². The van der Waals surface area contributed by atoms with Gasteiger partial charge >= 0.3 is 0 Å². The second-order valence-corrected chi connectivity index (χ2v) is 6.62. The number of rotatable bonds is 0. The highest BCUT2D eigenvalue weighted by Crippen LogP contribution is 2.25. The number of nitrogens with one attached hydrogen (secondary N) is 2. The third kappa shape index (κ3) is 2.58. The van der Waals surface area contributed by atoms with Crippen LogP contribution in [0.5, 0.6) is 0 Å². The zero-order chi connectivity index (χ0) is 17.6. The van der Waals surface area contributed by atoms with Crippen molar-refractivity contribution < 1.29 is 0 Å². The summed E-state index contributed by atoms with van der Waals surface area (Å²) in [6.07, 6.45) is 14.2. The summed E-state index contributed by atoms with van der Waals surface area (Å²) in [6, 6.07) is 10.4. The first kappa shape index (κ1) is 14.7. The predicted octanol–water partition coefficient (Wildman–Crippen LogP) is 1.68. The van der Waals surface area contributed by atoms with E-state index in [0.29, 0.717) is 6.42 Å². The Hall–Kier alpha value is -3.65. The van der Waals surface area contributed by atoms with Crippen LogP contribution in [0.2, 0.25) is 0 Å². The number of aromatic amines is 2. The molecule has 5 rings (SSSR count). The molecule has 0 amide bonds. The molecule has 0 saturated heterocycles. The summed E-state index contributed by atoms with van der Waals surface area (Å²) < 4.78 is 0. The molecule has 0 saturated carbocycles. The maximum Gasteiger partial charge on any atom is 0.171 e. The Morgan fingerprint density at radius 2 is 1.81 bits per heavy atom. The molecule has 0 aromatic carbocycles. The lowest BCUT2D eigenvalue weighted by atomic mass is 9.97. The smallest absolute Gasteiger partial charge is 0.171 e. The van der Waals surface area contributed by atoms with Gasteiger partial charge in [-0.15, -0.1) is 0 Å². The van der Waals surface area contributed by atoms with Crippen LogP contribution in [-0.2, 0) is 6.42 Å². The number of hydrogen-bond donors (Lipinski definition) is 2. The first-order valence-corrected chi connectivity index (χ1v) is 8.45. The third-order valence-corrected chi connectivity index (χ3v) is 4.61. The Balaban J connectivity index is 1.70. The van der Waals surface area contributed by atoms with Gasteiger partial charge in [-0.3, -0.25) is 4.99 Å². The van der Waals surface area contributed by atoms with Crippen molar-refractivity contribution >= 4 is 23.6 Å². The van der Waals surface area contributed by atoms with E-state index < -0.39 is 5.54 Å². The van der Waals surface area contributed by atoms with Crippen LogP contribution in [0.15, 0.2) is 70.3 Å². The van der Waals surface area contributed by atoms with Gasteiger partial charge in [-0.1, -0.05) is 0 Å². The van der Waals surface area contributed by atoms with Crippen molar-refractivity contribution in [3.05, 3.63) is 82.4 Å². The van der Waals surface area contributed by atoms with Gasteiger partial charge in [0.05, 0.1) is 23.2 Å². The lowest BCUT2D eigenvalue weighted by Crippen LogP contribution is -2.23. The molecule has 0 radical (unpaired) electrons. The quantitative estimate of drug-likeness (QED) is 0.753. The van der Waals surface area contributed by atoms with Crippen LogP contribution in [0.25, 0.3) is 12.2 Å². The van der Waals surface area contributed by atoms with Gasteiger partial charge < -0.3 is 9.97 Å². The molecule has 2 aromatic heterocycles. The highest BCUT2D eigenvalue weighted by atomic mass is 14.9. The van der Waals surface area contributed by atoms with Gasteiger partial charge in [0.25, 0.3) is 0 Å². The average molecular weight is 337 g/mol. The lowest BCUT2D eigenvalue weighted by Gasteiger charge is -2.13. The molecule has 3 aliphatic heterocycles. The lowest BCUT2D eigenvalue weighted by molar-refractivity contribution is 0.669. The van der Waals surface area contributed by atoms with Crippen molar-refractivity contribution in [3.63, 3.8) is 0 Å². The number of fused-ring (bicyclic) bond motifs is 6. The highest BCUT2D eigenvalue weighted by molar-refractivity contribution is 6.19. The van der Waals surface area contributed by atoms with Crippen molar-refractivity contribution in [2.75, 3.05) is 0 Å². The first-order valence-electron chi connectivity index (χ1n) is 8.45. The zero-order valence-electron chi connectivity index (χ0n) is 13.9. The molecule has 8 bridgehead atoms. The van der Waals surface area contributed by atoms with Gasteiger partial charge in [0.15, 0.2) is 5.54 Å². The fourth-order valence-electron chi connectivity index (χ4n) is 3.38. The summed E-state index contributed by atoms with van der Waals surface area (Å²) in [5.41, 5.74) is 3.58. The van der Waals surface area contributed by atoms with Crippen LogP contribution >= 0.6 is 0 Å². The van der Waals surface area contributed by atoms with E-state index in [4.69, 9.17) is 0 Å². The van der Waals surface area contributed by atoms with Gasteiger partial charge in [-0.2, -0.15) is 5.26 Å². The molecule has 5 heteroatoms. The Morgan fingerprint density at radius 1 is 0.923 bits per heavy atom. The van der Waals surface area contributed by atoms with E-state index in [-0.39, 0.29) is 0 Å². The summed E-state index contributed by atoms with van der Waals surface area (Å²) in [6.45, 7) is 0. The minimum absolute atomic E-state index is 0.509. The van der Waals surface area contributed by atoms with Crippen LogP contribution < -0.4 is 10.7 Å². The average Bonchev–Trinajstić information content (AvgIpc) is 3.40. The van der Waals surface area contributed by atoms with E-state index in [9.17, 15) is 5.26 Å². The Morgan fingerprint density at radius 3 is 2.69 bits per heavy atom. The number of hydrogen-bond acceptors (Lipinski definition) is 3. The van der Waals surface area contributed by atoms with Gasteiger partial charge in [-0.25, -0.2) is 4.99 Å². The molecule has 1 unspecified atom stereocenters. The summed E-state index contributed by atoms with van der Waals surface area (Å²) in [5.74, 6) is 0. The molecule has 26 heavy (non-hydrogen) atoms. The minimum Gasteiger partial charge on any atom is -0.359 e. The topological polar surface area (TPSA) is 80.1 Å². The number of aromatic nitrogens is 2. The summed E-state index contributed by atoms with van der Waals surface area (Å²) in [4.78, 5) is 16.0. The minimum atomic E-state index is -0.869. The molecular formula is C21H15N5. The summed E-state index contributed by atoms with van der Waals surface area (Å²) in [5, 5.41) is 11.7. The van der Waals surface area contributed by atoms with E-state index in [2.05, 4.69) is 26.0 Å². The monoisotopic (exact) mass is 337 g/mol. The Kier molecular flexibility index (Phi) is 3.06. The van der Waals surface area contributed by atoms with Crippen molar-refractivity contribution in [1.29, 1.82) is 5.26 Å². The molecule has 0 aliphatic carbocycles. The van der Waals surface area contributed by atoms with Crippen LogP contribution in [0.3, 0.4) is 0 Å². The number of nitriles is 1. The summed E-state index contributed by atoms with van der Waals surface area (Å²) >= 11 is 0. The van der Waals surface area contributed by atoms with Crippen molar-refractivity contribution in [2.45, 2.75) is 12.0 Å². The fourth-order valence-corrected chi connectivity index (χ4v) is 3.38. The maximum absolute atomic E-state index is 9.72.